The molecule has 0 atom stereocenters. The van der Waals surface area contributed by atoms with E-state index in [9.17, 15) is 14.0 Å². The van der Waals surface area contributed by atoms with Gasteiger partial charge in [-0.15, -0.1) is 0 Å². The number of anilines is 2. The Labute approximate surface area is 178 Å². The average Bonchev–Trinajstić information content (AvgIpc) is 3.31. The molecule has 3 heterocycles. The van der Waals surface area contributed by atoms with Crippen molar-refractivity contribution in [3.8, 4) is 0 Å². The molecule has 0 N–H and O–H groups in total. The molecule has 7 nitrogen and oxygen atoms in total. The monoisotopic (exact) mass is 469 g/mol. The Morgan fingerprint density at radius 3 is 2.43 bits per heavy atom. The van der Waals surface area contributed by atoms with Crippen molar-refractivity contribution < 1.29 is 4.39 Å². The lowest BCUT2D eigenvalue weighted by atomic mass is 10.2. The first-order chi connectivity index (χ1) is 14.4. The van der Waals surface area contributed by atoms with Crippen molar-refractivity contribution in [3.05, 3.63) is 85.2 Å². The molecule has 1 aliphatic heterocycles. The Hall–Kier alpha value is -3.20. The van der Waals surface area contributed by atoms with Crippen LogP contribution in [0.25, 0.3) is 11.2 Å². The Morgan fingerprint density at radius 1 is 1.03 bits per heavy atom. The summed E-state index contributed by atoms with van der Waals surface area (Å²) in [5.74, 6) is 0.259. The molecule has 0 radical (unpaired) electrons. The van der Waals surface area contributed by atoms with E-state index in [2.05, 4.69) is 20.9 Å². The molecule has 1 aliphatic rings. The van der Waals surface area contributed by atoms with Crippen LogP contribution in [0, 0.1) is 5.82 Å². The quantitative estimate of drug-likeness (QED) is 0.462. The van der Waals surface area contributed by atoms with Crippen molar-refractivity contribution in [1.29, 1.82) is 0 Å². The third-order valence-corrected chi connectivity index (χ3v) is 5.92. The number of hydrogen-bond donors (Lipinski definition) is 0. The summed E-state index contributed by atoms with van der Waals surface area (Å²) >= 11 is 3.39. The molecule has 9 heteroatoms. The van der Waals surface area contributed by atoms with E-state index >= 15 is 0 Å². The molecule has 0 aliphatic carbocycles. The Balaban J connectivity index is 1.66. The highest BCUT2D eigenvalue weighted by Crippen LogP contribution is 2.31. The molecule has 0 saturated heterocycles. The van der Waals surface area contributed by atoms with Gasteiger partial charge in [0.1, 0.15) is 5.82 Å². The van der Waals surface area contributed by atoms with Gasteiger partial charge >= 0.3 is 5.69 Å². The first-order valence-corrected chi connectivity index (χ1v) is 10.2. The number of benzene rings is 2. The van der Waals surface area contributed by atoms with E-state index in [4.69, 9.17) is 0 Å². The first-order valence-electron chi connectivity index (χ1n) is 9.41. The van der Waals surface area contributed by atoms with E-state index in [1.165, 1.54) is 21.3 Å². The number of rotatable bonds is 3. The minimum Gasteiger partial charge on any atom is -0.310 e. The number of halogens is 2. The molecule has 5 rings (SSSR count). The molecule has 0 saturated carbocycles. The van der Waals surface area contributed by atoms with Crippen LogP contribution >= 0.6 is 15.9 Å². The second-order valence-corrected chi connectivity index (χ2v) is 8.14. The highest BCUT2D eigenvalue weighted by Gasteiger charge is 2.28. The first kappa shape index (κ1) is 18.8. The van der Waals surface area contributed by atoms with Gasteiger partial charge in [0.25, 0.3) is 5.56 Å². The van der Waals surface area contributed by atoms with E-state index < -0.39 is 5.69 Å². The second kappa shape index (κ2) is 6.94. The molecular weight excluding hydrogens is 453 g/mol. The lowest BCUT2D eigenvalue weighted by molar-refractivity contribution is 0.628. The third kappa shape index (κ3) is 2.88. The zero-order valence-corrected chi connectivity index (χ0v) is 17.6. The van der Waals surface area contributed by atoms with Gasteiger partial charge < -0.3 is 9.47 Å². The Kier molecular flexibility index (Phi) is 4.35. The molecular formula is C21H17BrFN5O2. The van der Waals surface area contributed by atoms with Gasteiger partial charge in [-0.3, -0.25) is 13.9 Å². The van der Waals surface area contributed by atoms with Crippen molar-refractivity contribution >= 4 is 38.7 Å². The standard InChI is InChI=1S/C21H17BrFN5O2/c1-25-18-17(19(29)28(21(25)30)12-13-2-4-14(22)5-3-13)27-11-10-26(20(27)24-18)16-8-6-15(23)7-9-16/h2-9H,10-12H2,1H3. The van der Waals surface area contributed by atoms with Gasteiger partial charge in [0, 0.05) is 30.3 Å². The van der Waals surface area contributed by atoms with Crippen molar-refractivity contribution in [1.82, 2.24) is 18.7 Å². The topological polar surface area (TPSA) is 65.1 Å². The number of aromatic nitrogens is 4. The zero-order valence-electron chi connectivity index (χ0n) is 16.0. The predicted octanol–water partition coefficient (Wildman–Crippen LogP) is 3.00. The van der Waals surface area contributed by atoms with E-state index in [1.807, 2.05) is 33.7 Å². The number of fused-ring (bicyclic) bond motifs is 3. The summed E-state index contributed by atoms with van der Waals surface area (Å²) in [5.41, 5.74) is 1.60. The van der Waals surface area contributed by atoms with Gasteiger partial charge in [0.2, 0.25) is 5.95 Å². The summed E-state index contributed by atoms with van der Waals surface area (Å²) in [7, 11) is 1.62. The fourth-order valence-corrected chi connectivity index (χ4v) is 4.12. The fraction of sp³-hybridized carbons (Fsp3) is 0.190. The molecule has 0 amide bonds. The van der Waals surface area contributed by atoms with Crippen LogP contribution in [0.4, 0.5) is 16.0 Å². The SMILES string of the molecule is Cn1c(=O)n(Cc2ccc(Br)cc2)c(=O)c2c1nc1n2CCN1c1ccc(F)cc1. The summed E-state index contributed by atoms with van der Waals surface area (Å²) in [6.07, 6.45) is 0. The summed E-state index contributed by atoms with van der Waals surface area (Å²) in [4.78, 5) is 32.7. The molecule has 4 aromatic rings. The Bertz CT molecular complexity index is 1390. The average molecular weight is 470 g/mol. The van der Waals surface area contributed by atoms with Gasteiger partial charge in [0.05, 0.1) is 6.54 Å². The van der Waals surface area contributed by atoms with Crippen LogP contribution in [0.2, 0.25) is 0 Å². The lowest BCUT2D eigenvalue weighted by Gasteiger charge is -2.15. The largest absolute Gasteiger partial charge is 0.332 e. The molecule has 30 heavy (non-hydrogen) atoms. The van der Waals surface area contributed by atoms with Gasteiger partial charge in [0.15, 0.2) is 11.2 Å². The van der Waals surface area contributed by atoms with E-state index in [0.717, 1.165) is 15.7 Å². The number of aryl methyl sites for hydroxylation is 1. The second-order valence-electron chi connectivity index (χ2n) is 7.22. The van der Waals surface area contributed by atoms with Crippen LogP contribution in [0.15, 0.2) is 62.6 Å². The molecule has 0 bridgehead atoms. The van der Waals surface area contributed by atoms with Crippen molar-refractivity contribution in [3.63, 3.8) is 0 Å². The minimum absolute atomic E-state index is 0.177. The number of imidazole rings is 1. The summed E-state index contributed by atoms with van der Waals surface area (Å²) in [6.45, 7) is 1.34. The van der Waals surface area contributed by atoms with Gasteiger partial charge in [-0.05, 0) is 42.0 Å². The smallest absolute Gasteiger partial charge is 0.310 e. The highest BCUT2D eigenvalue weighted by atomic mass is 79.9. The van der Waals surface area contributed by atoms with Gasteiger partial charge in [-0.25, -0.2) is 9.18 Å². The molecule has 0 spiro atoms. The number of nitrogens with zero attached hydrogens (tertiary/aromatic N) is 5. The summed E-state index contributed by atoms with van der Waals surface area (Å²) < 4.78 is 18.7. The maximum atomic E-state index is 13.3. The fourth-order valence-electron chi connectivity index (χ4n) is 3.86. The van der Waals surface area contributed by atoms with E-state index in [1.54, 1.807) is 19.2 Å². The van der Waals surface area contributed by atoms with Crippen molar-refractivity contribution in [2.45, 2.75) is 13.1 Å². The van der Waals surface area contributed by atoms with E-state index in [-0.39, 0.29) is 17.9 Å². The van der Waals surface area contributed by atoms with Gasteiger partial charge in [-0.2, -0.15) is 4.98 Å². The molecule has 0 unspecified atom stereocenters. The Morgan fingerprint density at radius 2 is 1.73 bits per heavy atom. The van der Waals surface area contributed by atoms with Crippen LogP contribution in [-0.4, -0.2) is 25.2 Å². The maximum absolute atomic E-state index is 13.3. The van der Waals surface area contributed by atoms with Crippen LogP contribution in [0.3, 0.4) is 0 Å². The molecule has 0 fully saturated rings. The van der Waals surface area contributed by atoms with Crippen molar-refractivity contribution in [2.24, 2.45) is 7.05 Å². The zero-order chi connectivity index (χ0) is 21.0. The summed E-state index contributed by atoms with van der Waals surface area (Å²) in [5, 5.41) is 0. The maximum Gasteiger partial charge on any atom is 0.332 e. The predicted molar refractivity (Wildman–Crippen MR) is 116 cm³/mol. The molecule has 152 valence electrons. The van der Waals surface area contributed by atoms with Gasteiger partial charge in [-0.1, -0.05) is 28.1 Å². The minimum atomic E-state index is -0.416. The van der Waals surface area contributed by atoms with Crippen LogP contribution in [0.5, 0.6) is 0 Å². The highest BCUT2D eigenvalue weighted by molar-refractivity contribution is 9.10. The third-order valence-electron chi connectivity index (χ3n) is 5.39. The van der Waals surface area contributed by atoms with Crippen LogP contribution < -0.4 is 16.1 Å². The van der Waals surface area contributed by atoms with Crippen molar-refractivity contribution in [2.75, 3.05) is 11.4 Å². The van der Waals surface area contributed by atoms with Crippen LogP contribution in [0.1, 0.15) is 5.56 Å². The van der Waals surface area contributed by atoms with Crippen LogP contribution in [-0.2, 0) is 20.1 Å². The number of hydrogen-bond acceptors (Lipinski definition) is 4. The van der Waals surface area contributed by atoms with E-state index in [0.29, 0.717) is 30.2 Å². The summed E-state index contributed by atoms with van der Waals surface area (Å²) in [6, 6.07) is 13.6. The molecule has 2 aromatic carbocycles. The molecule has 2 aromatic heterocycles. The lowest BCUT2D eigenvalue weighted by Crippen LogP contribution is -2.40. The normalized spacial score (nSPS) is 13.2.